The molecule has 0 spiro atoms. The fraction of sp³-hybridized carbons (Fsp3) is 0.588. The number of hydrogen-bond donors (Lipinski definition) is 2. The van der Waals surface area contributed by atoms with Gasteiger partial charge in [-0.15, -0.1) is 24.0 Å². The van der Waals surface area contributed by atoms with Gasteiger partial charge in [-0.25, -0.2) is 0 Å². The normalized spacial score (nSPS) is 17.0. The molecule has 1 saturated heterocycles. The molecule has 1 heterocycles. The summed E-state index contributed by atoms with van der Waals surface area (Å²) < 4.78 is 5.38. The van der Waals surface area contributed by atoms with Gasteiger partial charge in [0.15, 0.2) is 5.96 Å². The van der Waals surface area contributed by atoms with Gasteiger partial charge in [-0.3, -0.25) is 9.89 Å². The van der Waals surface area contributed by atoms with Crippen molar-refractivity contribution >= 4 is 41.5 Å². The highest BCUT2D eigenvalue weighted by Crippen LogP contribution is 2.09. The Balaban J connectivity index is 0.00000288. The first-order valence-corrected chi connectivity index (χ1v) is 8.54. The standard InChI is InChI=1S/C17H27ClN4O.HI/c1-14(13-22-7-9-23-10-8-22)11-20-17(19-2)21-12-15-3-5-16(18)6-4-15;/h3-6,14H,7-13H2,1-2H3,(H2,19,20,21);1H. The second kappa shape index (κ2) is 11.9. The Morgan fingerprint density at radius 2 is 1.92 bits per heavy atom. The molecule has 0 amide bonds. The van der Waals surface area contributed by atoms with Gasteiger partial charge >= 0.3 is 0 Å². The van der Waals surface area contributed by atoms with E-state index in [-0.39, 0.29) is 24.0 Å². The number of guanidine groups is 1. The Morgan fingerprint density at radius 3 is 2.54 bits per heavy atom. The largest absolute Gasteiger partial charge is 0.379 e. The molecule has 0 saturated carbocycles. The SMILES string of the molecule is CN=C(NCc1ccc(Cl)cc1)NCC(C)CN1CCOCC1.I. The van der Waals surface area contributed by atoms with Crippen molar-refractivity contribution in [1.82, 2.24) is 15.5 Å². The molecule has 2 rings (SSSR count). The summed E-state index contributed by atoms with van der Waals surface area (Å²) in [4.78, 5) is 6.73. The second-order valence-corrected chi connectivity index (χ2v) is 6.39. The van der Waals surface area contributed by atoms with Crippen LogP contribution in [0, 0.1) is 5.92 Å². The van der Waals surface area contributed by atoms with Crippen LogP contribution in [-0.4, -0.2) is 57.3 Å². The Hall–Kier alpha value is -0.570. The van der Waals surface area contributed by atoms with E-state index in [1.807, 2.05) is 24.3 Å². The minimum Gasteiger partial charge on any atom is -0.379 e. The van der Waals surface area contributed by atoms with Crippen molar-refractivity contribution < 1.29 is 4.74 Å². The van der Waals surface area contributed by atoms with E-state index >= 15 is 0 Å². The summed E-state index contributed by atoms with van der Waals surface area (Å²) in [5, 5.41) is 7.48. The van der Waals surface area contributed by atoms with Crippen LogP contribution in [-0.2, 0) is 11.3 Å². The number of morpholine rings is 1. The molecule has 1 atom stereocenters. The lowest BCUT2D eigenvalue weighted by molar-refractivity contribution is 0.0320. The van der Waals surface area contributed by atoms with Gasteiger partial charge in [0.1, 0.15) is 0 Å². The van der Waals surface area contributed by atoms with Gasteiger partial charge in [-0.1, -0.05) is 30.7 Å². The average Bonchev–Trinajstić information content (AvgIpc) is 2.57. The molecular formula is C17H28ClIN4O. The lowest BCUT2D eigenvalue weighted by atomic mass is 10.1. The smallest absolute Gasteiger partial charge is 0.191 e. The number of ether oxygens (including phenoxy) is 1. The van der Waals surface area contributed by atoms with Gasteiger partial charge in [0.2, 0.25) is 0 Å². The van der Waals surface area contributed by atoms with Crippen molar-refractivity contribution in [2.24, 2.45) is 10.9 Å². The van der Waals surface area contributed by atoms with Crippen LogP contribution in [0.5, 0.6) is 0 Å². The molecule has 1 aromatic carbocycles. The molecule has 7 heteroatoms. The minimum absolute atomic E-state index is 0. The van der Waals surface area contributed by atoms with Crippen LogP contribution < -0.4 is 10.6 Å². The van der Waals surface area contributed by atoms with Crippen LogP contribution in [0.1, 0.15) is 12.5 Å². The summed E-state index contributed by atoms with van der Waals surface area (Å²) in [7, 11) is 1.80. The molecular weight excluding hydrogens is 439 g/mol. The van der Waals surface area contributed by atoms with Crippen molar-refractivity contribution in [3.63, 3.8) is 0 Å². The molecule has 0 aromatic heterocycles. The first-order chi connectivity index (χ1) is 11.2. The van der Waals surface area contributed by atoms with E-state index in [1.54, 1.807) is 7.05 Å². The maximum Gasteiger partial charge on any atom is 0.191 e. The molecule has 1 aliphatic rings. The number of benzene rings is 1. The highest BCUT2D eigenvalue weighted by molar-refractivity contribution is 14.0. The summed E-state index contributed by atoms with van der Waals surface area (Å²) in [5.41, 5.74) is 1.18. The highest BCUT2D eigenvalue weighted by atomic mass is 127. The van der Waals surface area contributed by atoms with E-state index in [2.05, 4.69) is 27.4 Å². The third-order valence-electron chi connectivity index (χ3n) is 3.89. The molecule has 0 radical (unpaired) electrons. The Bertz CT molecular complexity index is 492. The fourth-order valence-corrected chi connectivity index (χ4v) is 2.69. The van der Waals surface area contributed by atoms with Crippen LogP contribution in [0.4, 0.5) is 0 Å². The minimum atomic E-state index is 0. The van der Waals surface area contributed by atoms with Gasteiger partial charge in [0, 0.05) is 44.8 Å². The van der Waals surface area contributed by atoms with E-state index in [4.69, 9.17) is 16.3 Å². The third kappa shape index (κ3) is 8.00. The predicted octanol–water partition coefficient (Wildman–Crippen LogP) is 2.59. The number of aliphatic imine (C=N–C) groups is 1. The number of nitrogens with one attached hydrogen (secondary N) is 2. The number of halogens is 2. The number of rotatable bonds is 6. The Morgan fingerprint density at radius 1 is 1.25 bits per heavy atom. The molecule has 0 bridgehead atoms. The Kier molecular flexibility index (Phi) is 10.6. The molecule has 136 valence electrons. The van der Waals surface area contributed by atoms with Crippen molar-refractivity contribution in [1.29, 1.82) is 0 Å². The average molecular weight is 467 g/mol. The number of hydrogen-bond acceptors (Lipinski definition) is 3. The lowest BCUT2D eigenvalue weighted by Gasteiger charge is -2.29. The van der Waals surface area contributed by atoms with E-state index < -0.39 is 0 Å². The van der Waals surface area contributed by atoms with Gasteiger partial charge in [-0.05, 0) is 23.6 Å². The monoisotopic (exact) mass is 466 g/mol. The van der Waals surface area contributed by atoms with Gasteiger partial charge in [0.05, 0.1) is 13.2 Å². The molecule has 1 aliphatic heterocycles. The van der Waals surface area contributed by atoms with Crippen LogP contribution in [0.15, 0.2) is 29.3 Å². The highest BCUT2D eigenvalue weighted by Gasteiger charge is 2.13. The van der Waals surface area contributed by atoms with Gasteiger partial charge in [0.25, 0.3) is 0 Å². The topological polar surface area (TPSA) is 48.9 Å². The Labute approximate surface area is 167 Å². The van der Waals surface area contributed by atoms with E-state index in [0.29, 0.717) is 5.92 Å². The van der Waals surface area contributed by atoms with Gasteiger partial charge < -0.3 is 15.4 Å². The first kappa shape index (κ1) is 21.5. The van der Waals surface area contributed by atoms with E-state index in [1.165, 1.54) is 5.56 Å². The first-order valence-electron chi connectivity index (χ1n) is 8.16. The predicted molar refractivity (Wildman–Crippen MR) is 111 cm³/mol. The molecule has 1 aromatic rings. The van der Waals surface area contributed by atoms with E-state index in [9.17, 15) is 0 Å². The van der Waals surface area contributed by atoms with Crippen molar-refractivity contribution in [2.45, 2.75) is 13.5 Å². The van der Waals surface area contributed by atoms with Crippen molar-refractivity contribution in [3.8, 4) is 0 Å². The molecule has 5 nitrogen and oxygen atoms in total. The summed E-state index contributed by atoms with van der Waals surface area (Å²) >= 11 is 5.90. The van der Waals surface area contributed by atoms with Crippen LogP contribution in [0.2, 0.25) is 5.02 Å². The maximum absolute atomic E-state index is 5.90. The van der Waals surface area contributed by atoms with Gasteiger partial charge in [-0.2, -0.15) is 0 Å². The molecule has 1 unspecified atom stereocenters. The lowest BCUT2D eigenvalue weighted by Crippen LogP contribution is -2.43. The fourth-order valence-electron chi connectivity index (χ4n) is 2.57. The second-order valence-electron chi connectivity index (χ2n) is 5.95. The molecule has 1 fully saturated rings. The van der Waals surface area contributed by atoms with Crippen LogP contribution >= 0.6 is 35.6 Å². The molecule has 24 heavy (non-hydrogen) atoms. The zero-order valence-corrected chi connectivity index (χ0v) is 17.5. The quantitative estimate of drug-likeness (QED) is 0.384. The molecule has 2 N–H and O–H groups in total. The third-order valence-corrected chi connectivity index (χ3v) is 4.14. The van der Waals surface area contributed by atoms with Crippen LogP contribution in [0.3, 0.4) is 0 Å². The summed E-state index contributed by atoms with van der Waals surface area (Å²) in [6.45, 7) is 8.75. The van der Waals surface area contributed by atoms with E-state index in [0.717, 1.165) is 56.9 Å². The number of nitrogens with zero attached hydrogens (tertiary/aromatic N) is 2. The molecule has 0 aliphatic carbocycles. The zero-order chi connectivity index (χ0) is 16.5. The van der Waals surface area contributed by atoms with Crippen molar-refractivity contribution in [2.75, 3.05) is 46.4 Å². The van der Waals surface area contributed by atoms with Crippen molar-refractivity contribution in [3.05, 3.63) is 34.9 Å². The summed E-state index contributed by atoms with van der Waals surface area (Å²) in [5.74, 6) is 1.39. The maximum atomic E-state index is 5.90. The summed E-state index contributed by atoms with van der Waals surface area (Å²) in [6, 6.07) is 7.84. The van der Waals surface area contributed by atoms with Crippen LogP contribution in [0.25, 0.3) is 0 Å². The zero-order valence-electron chi connectivity index (χ0n) is 14.4. The summed E-state index contributed by atoms with van der Waals surface area (Å²) in [6.07, 6.45) is 0.